The molecule has 4 aromatic rings. The zero-order valence-corrected chi connectivity index (χ0v) is 17.2. The fraction of sp³-hybridized carbons (Fsp3) is 0.0833. The Morgan fingerprint density at radius 2 is 1.82 bits per heavy atom. The predicted molar refractivity (Wildman–Crippen MR) is 118 cm³/mol. The highest BCUT2D eigenvalue weighted by atomic mass is 79.9. The minimum absolute atomic E-state index is 0.166. The van der Waals surface area contributed by atoms with E-state index in [-0.39, 0.29) is 5.91 Å². The topological polar surface area (TPSA) is 42.0 Å². The van der Waals surface area contributed by atoms with Crippen LogP contribution in [0.25, 0.3) is 22.2 Å². The number of nitrogens with one attached hydrogen (secondary N) is 1. The van der Waals surface area contributed by atoms with Gasteiger partial charge in [0.25, 0.3) is 5.91 Å². The van der Waals surface area contributed by atoms with Crippen molar-refractivity contribution in [1.29, 1.82) is 0 Å². The SMILES string of the molecule is Cc1c[c]c(NC(=O)c2c(C)c(-c3ccccc3)nc3ccc(Br)cc23)cc1. The second kappa shape index (κ2) is 7.56. The third kappa shape index (κ3) is 3.56. The van der Waals surface area contributed by atoms with Crippen molar-refractivity contribution < 1.29 is 4.79 Å². The number of carbonyl (C=O) groups is 1. The number of pyridine rings is 1. The molecule has 0 bridgehead atoms. The summed E-state index contributed by atoms with van der Waals surface area (Å²) < 4.78 is 0.907. The van der Waals surface area contributed by atoms with Crippen LogP contribution >= 0.6 is 15.9 Å². The van der Waals surface area contributed by atoms with Gasteiger partial charge in [-0.25, -0.2) is 4.98 Å². The number of amides is 1. The van der Waals surface area contributed by atoms with E-state index in [0.717, 1.165) is 37.8 Å². The van der Waals surface area contributed by atoms with Crippen LogP contribution in [0.1, 0.15) is 21.5 Å². The molecule has 0 aliphatic rings. The molecule has 3 aromatic carbocycles. The molecule has 0 aliphatic carbocycles. The van der Waals surface area contributed by atoms with E-state index in [9.17, 15) is 4.79 Å². The van der Waals surface area contributed by atoms with Crippen molar-refractivity contribution in [2.75, 3.05) is 5.32 Å². The molecule has 0 fully saturated rings. The number of aromatic nitrogens is 1. The molecule has 1 radical (unpaired) electrons. The van der Waals surface area contributed by atoms with Gasteiger partial charge >= 0.3 is 0 Å². The summed E-state index contributed by atoms with van der Waals surface area (Å²) in [7, 11) is 0. The third-order valence-corrected chi connectivity index (χ3v) is 5.17. The first-order valence-electron chi connectivity index (χ1n) is 8.98. The fourth-order valence-corrected chi connectivity index (χ4v) is 3.63. The number of nitrogens with zero attached hydrogens (tertiary/aromatic N) is 1. The first kappa shape index (κ1) is 18.4. The van der Waals surface area contributed by atoms with Gasteiger partial charge in [-0.3, -0.25) is 4.79 Å². The van der Waals surface area contributed by atoms with Gasteiger partial charge in [0.1, 0.15) is 0 Å². The van der Waals surface area contributed by atoms with E-state index in [4.69, 9.17) is 4.98 Å². The van der Waals surface area contributed by atoms with Crippen LogP contribution in [-0.4, -0.2) is 10.9 Å². The summed E-state index contributed by atoms with van der Waals surface area (Å²) in [5.74, 6) is -0.166. The summed E-state index contributed by atoms with van der Waals surface area (Å²) in [6.45, 7) is 3.94. The molecule has 0 spiro atoms. The van der Waals surface area contributed by atoms with Gasteiger partial charge in [-0.2, -0.15) is 0 Å². The minimum atomic E-state index is -0.166. The Bertz CT molecular complexity index is 1170. The number of rotatable bonds is 3. The highest BCUT2D eigenvalue weighted by Crippen LogP contribution is 2.31. The van der Waals surface area contributed by atoms with Crippen molar-refractivity contribution in [1.82, 2.24) is 4.98 Å². The standard InChI is InChI=1S/C24H18BrN2O/c1-15-8-11-19(12-9-15)26-24(28)22-16(2)23(17-6-4-3-5-7-17)27-21-13-10-18(25)14-20(21)22/h3-11,13-14H,1-2H3,(H,26,28). The van der Waals surface area contributed by atoms with Gasteiger partial charge in [0.05, 0.1) is 16.8 Å². The summed E-state index contributed by atoms with van der Waals surface area (Å²) in [6, 6.07) is 24.5. The monoisotopic (exact) mass is 429 g/mol. The summed E-state index contributed by atoms with van der Waals surface area (Å²) in [6.07, 6.45) is 0. The van der Waals surface area contributed by atoms with Gasteiger partial charge in [-0.1, -0.05) is 57.9 Å². The molecule has 1 heterocycles. The fourth-order valence-electron chi connectivity index (χ4n) is 3.27. The van der Waals surface area contributed by atoms with Crippen LogP contribution in [0.15, 0.2) is 71.2 Å². The molecule has 28 heavy (non-hydrogen) atoms. The molecule has 137 valence electrons. The quantitative estimate of drug-likeness (QED) is 0.413. The van der Waals surface area contributed by atoms with Crippen molar-refractivity contribution in [3.8, 4) is 11.3 Å². The molecule has 1 aromatic heterocycles. The van der Waals surface area contributed by atoms with Crippen molar-refractivity contribution >= 4 is 38.4 Å². The van der Waals surface area contributed by atoms with Gasteiger partial charge in [-0.05, 0) is 49.7 Å². The molecule has 3 nitrogen and oxygen atoms in total. The first-order valence-corrected chi connectivity index (χ1v) is 9.77. The van der Waals surface area contributed by atoms with E-state index in [0.29, 0.717) is 11.3 Å². The third-order valence-electron chi connectivity index (χ3n) is 4.68. The minimum Gasteiger partial charge on any atom is -0.321 e. The predicted octanol–water partition coefficient (Wildman–Crippen LogP) is 6.33. The Hall–Kier alpha value is -2.98. The summed E-state index contributed by atoms with van der Waals surface area (Å²) >= 11 is 3.51. The van der Waals surface area contributed by atoms with E-state index < -0.39 is 0 Å². The van der Waals surface area contributed by atoms with Crippen LogP contribution in [0.2, 0.25) is 0 Å². The molecule has 4 rings (SSSR count). The number of hydrogen-bond donors (Lipinski definition) is 1. The van der Waals surface area contributed by atoms with Crippen LogP contribution in [0.5, 0.6) is 0 Å². The van der Waals surface area contributed by atoms with E-state index in [1.54, 1.807) is 0 Å². The number of benzene rings is 3. The van der Waals surface area contributed by atoms with Crippen LogP contribution in [0.4, 0.5) is 5.69 Å². The number of carbonyl (C=O) groups excluding carboxylic acids is 1. The molecule has 0 aliphatic heterocycles. The largest absolute Gasteiger partial charge is 0.321 e. The van der Waals surface area contributed by atoms with Gasteiger partial charge in [0.2, 0.25) is 0 Å². The van der Waals surface area contributed by atoms with Crippen LogP contribution in [0, 0.1) is 19.9 Å². The van der Waals surface area contributed by atoms with Crippen molar-refractivity contribution in [3.05, 3.63) is 94.0 Å². The average Bonchev–Trinajstić information content (AvgIpc) is 2.70. The number of fused-ring (bicyclic) bond motifs is 1. The normalized spacial score (nSPS) is 10.8. The van der Waals surface area contributed by atoms with Crippen molar-refractivity contribution in [2.24, 2.45) is 0 Å². The molecule has 0 unspecified atom stereocenters. The molecule has 4 heteroatoms. The van der Waals surface area contributed by atoms with E-state index in [1.807, 2.05) is 80.6 Å². The molecular weight excluding hydrogens is 412 g/mol. The van der Waals surface area contributed by atoms with E-state index >= 15 is 0 Å². The number of hydrogen-bond acceptors (Lipinski definition) is 2. The van der Waals surface area contributed by atoms with Gasteiger partial charge in [-0.15, -0.1) is 0 Å². The van der Waals surface area contributed by atoms with Gasteiger partial charge < -0.3 is 5.32 Å². The Morgan fingerprint density at radius 3 is 2.54 bits per heavy atom. The second-order valence-electron chi connectivity index (χ2n) is 6.72. The maximum Gasteiger partial charge on any atom is 0.256 e. The van der Waals surface area contributed by atoms with E-state index in [2.05, 4.69) is 27.3 Å². The number of halogens is 1. The number of aryl methyl sites for hydroxylation is 1. The highest BCUT2D eigenvalue weighted by molar-refractivity contribution is 9.10. The highest BCUT2D eigenvalue weighted by Gasteiger charge is 2.19. The Labute approximate surface area is 172 Å². The lowest BCUT2D eigenvalue weighted by atomic mass is 9.97. The van der Waals surface area contributed by atoms with Gasteiger partial charge in [0.15, 0.2) is 0 Å². The second-order valence-corrected chi connectivity index (χ2v) is 7.64. The van der Waals surface area contributed by atoms with Crippen molar-refractivity contribution in [2.45, 2.75) is 13.8 Å². The Balaban J connectivity index is 1.89. The maximum atomic E-state index is 13.3. The van der Waals surface area contributed by atoms with Crippen LogP contribution in [0.3, 0.4) is 0 Å². The van der Waals surface area contributed by atoms with Crippen LogP contribution < -0.4 is 5.32 Å². The molecule has 0 saturated heterocycles. The van der Waals surface area contributed by atoms with Crippen LogP contribution in [-0.2, 0) is 0 Å². The molecule has 1 amide bonds. The lowest BCUT2D eigenvalue weighted by Gasteiger charge is -2.15. The van der Waals surface area contributed by atoms with E-state index in [1.165, 1.54) is 0 Å². The lowest BCUT2D eigenvalue weighted by Crippen LogP contribution is -2.15. The maximum absolute atomic E-state index is 13.3. The first-order chi connectivity index (χ1) is 13.5. The average molecular weight is 430 g/mol. The van der Waals surface area contributed by atoms with Gasteiger partial charge in [0, 0.05) is 27.2 Å². The summed E-state index contributed by atoms with van der Waals surface area (Å²) in [5.41, 5.74) is 5.80. The lowest BCUT2D eigenvalue weighted by molar-refractivity contribution is 0.102. The van der Waals surface area contributed by atoms with Crippen molar-refractivity contribution in [3.63, 3.8) is 0 Å². The molecule has 0 atom stereocenters. The zero-order valence-electron chi connectivity index (χ0n) is 15.6. The summed E-state index contributed by atoms with van der Waals surface area (Å²) in [4.78, 5) is 18.1. The molecule has 1 N–H and O–H groups in total. The zero-order chi connectivity index (χ0) is 19.7. The Morgan fingerprint density at radius 1 is 1.04 bits per heavy atom. The smallest absolute Gasteiger partial charge is 0.256 e. The molecular formula is C24H18BrN2O. The Kier molecular flexibility index (Phi) is 4.97. The summed E-state index contributed by atoms with van der Waals surface area (Å²) in [5, 5.41) is 3.79. The molecule has 0 saturated carbocycles. The number of anilines is 1.